The number of hydrogen-bond donors (Lipinski definition) is 0. The van der Waals surface area contributed by atoms with Crippen LogP contribution in [-0.2, 0) is 0 Å². The first-order chi connectivity index (χ1) is 25.8. The molecule has 0 aliphatic carbocycles. The van der Waals surface area contributed by atoms with Crippen molar-refractivity contribution in [2.45, 2.75) is 0 Å². The van der Waals surface area contributed by atoms with Crippen molar-refractivity contribution in [2.24, 2.45) is 0 Å². The molecule has 11 rings (SSSR count). The summed E-state index contributed by atoms with van der Waals surface area (Å²) < 4.78 is 4.68. The lowest BCUT2D eigenvalue weighted by molar-refractivity contribution is 1.01. The average molecular weight is 663 g/mol. The average Bonchev–Trinajstić information content (AvgIpc) is 3.74. The van der Waals surface area contributed by atoms with Crippen molar-refractivity contribution in [2.75, 3.05) is 0 Å². The Kier molecular flexibility index (Phi) is 6.22. The number of nitrogens with zero attached hydrogens (tertiary/aromatic N) is 4. The number of para-hydroxylation sites is 2. The number of rotatable bonds is 4. The summed E-state index contributed by atoms with van der Waals surface area (Å²) in [7, 11) is 0. The Bertz CT molecular complexity index is 3160. The van der Waals surface area contributed by atoms with Crippen molar-refractivity contribution in [3.05, 3.63) is 182 Å². The Hall–Kier alpha value is -7.04. The van der Waals surface area contributed by atoms with Crippen molar-refractivity contribution in [3.63, 3.8) is 0 Å². The highest BCUT2D eigenvalue weighted by Gasteiger charge is 2.23. The monoisotopic (exact) mass is 662 g/mol. The zero-order chi connectivity index (χ0) is 34.2. The molecule has 4 nitrogen and oxygen atoms in total. The van der Waals surface area contributed by atoms with Gasteiger partial charge in [-0.25, -0.2) is 9.97 Å². The Morgan fingerprint density at radius 1 is 0.327 bits per heavy atom. The van der Waals surface area contributed by atoms with Gasteiger partial charge in [0.05, 0.1) is 33.3 Å². The van der Waals surface area contributed by atoms with Gasteiger partial charge in [-0.3, -0.25) is 4.57 Å². The van der Waals surface area contributed by atoms with Crippen molar-refractivity contribution < 1.29 is 0 Å². The van der Waals surface area contributed by atoms with Gasteiger partial charge < -0.3 is 4.57 Å². The predicted octanol–water partition coefficient (Wildman–Crippen LogP) is 12.3. The van der Waals surface area contributed by atoms with Crippen molar-refractivity contribution in [1.29, 1.82) is 0 Å². The largest absolute Gasteiger partial charge is 0.309 e. The molecule has 0 unspecified atom stereocenters. The number of fused-ring (bicyclic) bond motifs is 10. The third-order valence-corrected chi connectivity index (χ3v) is 10.5. The van der Waals surface area contributed by atoms with E-state index >= 15 is 0 Å². The first-order valence-corrected chi connectivity index (χ1v) is 17.7. The number of aromatic nitrogens is 4. The predicted molar refractivity (Wildman–Crippen MR) is 217 cm³/mol. The summed E-state index contributed by atoms with van der Waals surface area (Å²) >= 11 is 0. The Morgan fingerprint density at radius 2 is 0.885 bits per heavy atom. The van der Waals surface area contributed by atoms with Gasteiger partial charge in [0.15, 0.2) is 0 Å². The molecule has 11 aromatic rings. The van der Waals surface area contributed by atoms with Gasteiger partial charge in [0, 0.05) is 38.2 Å². The fraction of sp³-hybridized carbons (Fsp3) is 0. The van der Waals surface area contributed by atoms with Gasteiger partial charge in [-0.15, -0.1) is 0 Å². The minimum atomic E-state index is 0.660. The van der Waals surface area contributed by atoms with Gasteiger partial charge in [-0.05, 0) is 64.4 Å². The molecule has 0 spiro atoms. The summed E-state index contributed by atoms with van der Waals surface area (Å²) in [6.07, 6.45) is 0. The number of benzene rings is 8. The molecule has 3 aromatic heterocycles. The summed E-state index contributed by atoms with van der Waals surface area (Å²) in [5, 5.41) is 8.35. The van der Waals surface area contributed by atoms with E-state index in [1.165, 1.54) is 54.5 Å². The van der Waals surface area contributed by atoms with E-state index in [9.17, 15) is 0 Å². The molecule has 0 saturated heterocycles. The van der Waals surface area contributed by atoms with Crippen molar-refractivity contribution >= 4 is 65.3 Å². The fourth-order valence-corrected chi connectivity index (χ4v) is 8.24. The van der Waals surface area contributed by atoms with Gasteiger partial charge in [-0.1, -0.05) is 140 Å². The molecule has 0 bridgehead atoms. The third-order valence-electron chi connectivity index (χ3n) is 10.5. The molecular weight excluding hydrogens is 633 g/mol. The maximum Gasteiger partial charge on any atom is 0.235 e. The molecule has 3 heterocycles. The minimum Gasteiger partial charge on any atom is -0.309 e. The van der Waals surface area contributed by atoms with E-state index in [0.717, 1.165) is 38.9 Å². The van der Waals surface area contributed by atoms with Crippen LogP contribution in [0.25, 0.3) is 99.3 Å². The molecular formula is C48H30N4. The van der Waals surface area contributed by atoms with Crippen LogP contribution in [0, 0.1) is 0 Å². The van der Waals surface area contributed by atoms with Crippen molar-refractivity contribution in [3.8, 4) is 34.0 Å². The smallest absolute Gasteiger partial charge is 0.235 e. The summed E-state index contributed by atoms with van der Waals surface area (Å²) in [5.74, 6) is 0.660. The van der Waals surface area contributed by atoms with Crippen molar-refractivity contribution in [1.82, 2.24) is 19.1 Å². The van der Waals surface area contributed by atoms with Crippen LogP contribution in [-0.4, -0.2) is 19.1 Å². The van der Waals surface area contributed by atoms with Crippen LogP contribution in [0.3, 0.4) is 0 Å². The molecule has 0 saturated carbocycles. The summed E-state index contributed by atoms with van der Waals surface area (Å²) in [6, 6.07) is 64.8. The molecule has 242 valence electrons. The quantitative estimate of drug-likeness (QED) is 0.188. The van der Waals surface area contributed by atoms with Gasteiger partial charge in [0.25, 0.3) is 0 Å². The van der Waals surface area contributed by atoms with Crippen LogP contribution >= 0.6 is 0 Å². The van der Waals surface area contributed by atoms with E-state index in [-0.39, 0.29) is 0 Å². The second-order valence-corrected chi connectivity index (χ2v) is 13.4. The topological polar surface area (TPSA) is 35.6 Å². The zero-order valence-electron chi connectivity index (χ0n) is 28.1. The van der Waals surface area contributed by atoms with Crippen LogP contribution in [0.15, 0.2) is 182 Å². The first-order valence-electron chi connectivity index (χ1n) is 17.7. The highest BCUT2D eigenvalue weighted by atomic mass is 15.2. The SMILES string of the molecule is c1ccc(-c2ccc(-n3c4ccc5ccccc5c4c4c5c6ccccc6n(-c6nc(-c7ccccc7)c7ccccc7n6)c5ccc43)cc2)cc1. The van der Waals surface area contributed by atoms with E-state index in [1.807, 2.05) is 6.07 Å². The maximum absolute atomic E-state index is 5.34. The first kappa shape index (κ1) is 28.8. The standard InChI is InChI=1S/C48H30N4/c1-3-13-31(14-4-1)32-23-26-35(27-24-32)51-41-28-25-33-15-7-8-18-36(33)44(41)46-43(51)30-29-42-45(46)38-20-10-12-22-40(38)52(42)48-49-39-21-11-9-19-37(39)47(50-48)34-16-5-2-6-17-34/h1-30H. The Balaban J connectivity index is 1.26. The second-order valence-electron chi connectivity index (χ2n) is 13.4. The van der Waals surface area contributed by atoms with Crippen LogP contribution in [0.4, 0.5) is 0 Å². The highest BCUT2D eigenvalue weighted by Crippen LogP contribution is 2.44. The van der Waals surface area contributed by atoms with Gasteiger partial charge in [-0.2, -0.15) is 0 Å². The molecule has 8 aromatic carbocycles. The second kappa shape index (κ2) is 11.2. The molecule has 52 heavy (non-hydrogen) atoms. The Morgan fingerprint density at radius 3 is 1.67 bits per heavy atom. The Labute approximate surface area is 299 Å². The molecule has 0 amide bonds. The third kappa shape index (κ3) is 4.21. The summed E-state index contributed by atoms with van der Waals surface area (Å²) in [6.45, 7) is 0. The molecule has 0 fully saturated rings. The summed E-state index contributed by atoms with van der Waals surface area (Å²) in [4.78, 5) is 10.6. The van der Waals surface area contributed by atoms with Crippen LogP contribution < -0.4 is 0 Å². The lowest BCUT2D eigenvalue weighted by Gasteiger charge is -2.12. The fourth-order valence-electron chi connectivity index (χ4n) is 8.24. The van der Waals surface area contributed by atoms with E-state index < -0.39 is 0 Å². The van der Waals surface area contributed by atoms with E-state index in [2.05, 4.69) is 185 Å². The molecule has 0 aliphatic rings. The van der Waals surface area contributed by atoms with Gasteiger partial charge in [0.2, 0.25) is 5.95 Å². The molecule has 4 heteroatoms. The van der Waals surface area contributed by atoms with E-state index in [4.69, 9.17) is 9.97 Å². The van der Waals surface area contributed by atoms with E-state index in [0.29, 0.717) is 5.95 Å². The number of hydrogen-bond acceptors (Lipinski definition) is 2. The molecule has 0 radical (unpaired) electrons. The normalized spacial score (nSPS) is 11.8. The minimum absolute atomic E-state index is 0.660. The lowest BCUT2D eigenvalue weighted by atomic mass is 10.0. The summed E-state index contributed by atoms with van der Waals surface area (Å²) in [5.41, 5.74) is 10.9. The molecule has 0 aliphatic heterocycles. The molecule has 0 atom stereocenters. The molecule has 0 N–H and O–H groups in total. The maximum atomic E-state index is 5.34. The van der Waals surface area contributed by atoms with Crippen LogP contribution in [0.5, 0.6) is 0 Å². The lowest BCUT2D eigenvalue weighted by Crippen LogP contribution is -2.03. The highest BCUT2D eigenvalue weighted by molar-refractivity contribution is 6.33. The van der Waals surface area contributed by atoms with Crippen LogP contribution in [0.1, 0.15) is 0 Å². The van der Waals surface area contributed by atoms with Crippen LogP contribution in [0.2, 0.25) is 0 Å². The van der Waals surface area contributed by atoms with Gasteiger partial charge >= 0.3 is 0 Å². The van der Waals surface area contributed by atoms with E-state index in [1.54, 1.807) is 0 Å². The zero-order valence-corrected chi connectivity index (χ0v) is 28.1. The van der Waals surface area contributed by atoms with Gasteiger partial charge in [0.1, 0.15) is 0 Å².